The molecule has 0 bridgehead atoms. The van der Waals surface area contributed by atoms with Gasteiger partial charge in [-0.1, -0.05) is 6.07 Å². The Morgan fingerprint density at radius 2 is 2.29 bits per heavy atom. The molecule has 0 aromatic heterocycles. The smallest absolute Gasteiger partial charge is 0.310 e. The van der Waals surface area contributed by atoms with Crippen LogP contribution in [0, 0.1) is 11.3 Å². The number of carbonyl (C=O) groups excluding carboxylic acids is 2. The minimum atomic E-state index is -0.496. The lowest BCUT2D eigenvalue weighted by molar-refractivity contribution is -0.142. The van der Waals surface area contributed by atoms with E-state index in [1.165, 1.54) is 12.1 Å². The number of hydrogen-bond donors (Lipinski definition) is 1. The van der Waals surface area contributed by atoms with Crippen LogP contribution in [0.4, 0.5) is 0 Å². The van der Waals surface area contributed by atoms with Crippen LogP contribution in [-0.2, 0) is 16.0 Å². The third kappa shape index (κ3) is 2.82. The van der Waals surface area contributed by atoms with E-state index in [4.69, 9.17) is 10.00 Å². The summed E-state index contributed by atoms with van der Waals surface area (Å²) in [7, 11) is 0. The van der Waals surface area contributed by atoms with Crippen molar-refractivity contribution in [3.05, 3.63) is 28.8 Å². The predicted molar refractivity (Wildman–Crippen MR) is 58.5 cm³/mol. The third-order valence-corrected chi connectivity index (χ3v) is 2.18. The minimum absolute atomic E-state index is 0.0742. The van der Waals surface area contributed by atoms with Gasteiger partial charge < -0.3 is 9.84 Å². The van der Waals surface area contributed by atoms with Gasteiger partial charge in [0.05, 0.1) is 24.2 Å². The van der Waals surface area contributed by atoms with E-state index < -0.39 is 5.97 Å². The molecule has 0 fully saturated rings. The fraction of sp³-hybridized carbons (Fsp3) is 0.250. The number of phenolic OH excluding ortho intramolecular Hbond substituents is 1. The fourth-order valence-corrected chi connectivity index (χ4v) is 1.38. The number of nitriles is 1. The second kappa shape index (κ2) is 5.66. The average Bonchev–Trinajstić information content (AvgIpc) is 2.31. The van der Waals surface area contributed by atoms with Gasteiger partial charge in [-0.2, -0.15) is 5.26 Å². The van der Waals surface area contributed by atoms with E-state index in [-0.39, 0.29) is 35.5 Å². The first-order valence-electron chi connectivity index (χ1n) is 4.99. The molecule has 5 nitrogen and oxygen atoms in total. The SMILES string of the molecule is CCOC(=O)Cc1ccc(C#N)c(C=O)c1O. The van der Waals surface area contributed by atoms with E-state index in [1.54, 1.807) is 13.0 Å². The highest BCUT2D eigenvalue weighted by atomic mass is 16.5. The van der Waals surface area contributed by atoms with E-state index in [2.05, 4.69) is 0 Å². The monoisotopic (exact) mass is 233 g/mol. The quantitative estimate of drug-likeness (QED) is 0.623. The molecule has 0 saturated heterocycles. The lowest BCUT2D eigenvalue weighted by Crippen LogP contribution is -2.08. The van der Waals surface area contributed by atoms with Gasteiger partial charge >= 0.3 is 5.97 Å². The van der Waals surface area contributed by atoms with E-state index in [0.29, 0.717) is 6.29 Å². The molecule has 1 aromatic rings. The van der Waals surface area contributed by atoms with Crippen LogP contribution in [0.1, 0.15) is 28.4 Å². The van der Waals surface area contributed by atoms with Crippen LogP contribution < -0.4 is 0 Å². The van der Waals surface area contributed by atoms with E-state index in [0.717, 1.165) is 0 Å². The normalized spacial score (nSPS) is 9.41. The Morgan fingerprint density at radius 3 is 2.82 bits per heavy atom. The molecule has 88 valence electrons. The van der Waals surface area contributed by atoms with Crippen molar-refractivity contribution in [3.8, 4) is 11.8 Å². The fourth-order valence-electron chi connectivity index (χ4n) is 1.38. The van der Waals surface area contributed by atoms with Gasteiger partial charge in [0.25, 0.3) is 0 Å². The molecule has 5 heteroatoms. The van der Waals surface area contributed by atoms with Crippen LogP contribution in [0.25, 0.3) is 0 Å². The van der Waals surface area contributed by atoms with E-state index in [1.807, 2.05) is 0 Å². The molecule has 0 spiro atoms. The van der Waals surface area contributed by atoms with Crippen molar-refractivity contribution in [2.45, 2.75) is 13.3 Å². The van der Waals surface area contributed by atoms with Gasteiger partial charge in [-0.05, 0) is 13.0 Å². The molecule has 1 aromatic carbocycles. The third-order valence-electron chi connectivity index (χ3n) is 2.18. The van der Waals surface area contributed by atoms with E-state index in [9.17, 15) is 14.7 Å². The van der Waals surface area contributed by atoms with Crippen molar-refractivity contribution in [2.75, 3.05) is 6.61 Å². The van der Waals surface area contributed by atoms with Crippen LogP contribution in [0.5, 0.6) is 5.75 Å². The van der Waals surface area contributed by atoms with Crippen molar-refractivity contribution < 1.29 is 19.4 Å². The molecule has 0 amide bonds. The molecule has 17 heavy (non-hydrogen) atoms. The van der Waals surface area contributed by atoms with Gasteiger partial charge in [-0.3, -0.25) is 9.59 Å². The summed E-state index contributed by atoms with van der Waals surface area (Å²) in [5.74, 6) is -0.837. The summed E-state index contributed by atoms with van der Waals surface area (Å²) in [6, 6.07) is 4.60. The Kier molecular flexibility index (Phi) is 4.23. The Morgan fingerprint density at radius 1 is 1.59 bits per heavy atom. The summed E-state index contributed by atoms with van der Waals surface area (Å²) >= 11 is 0. The molecular formula is C12H11NO4. The number of phenols is 1. The second-order valence-electron chi connectivity index (χ2n) is 3.25. The summed E-state index contributed by atoms with van der Waals surface area (Å²) < 4.78 is 4.73. The summed E-state index contributed by atoms with van der Waals surface area (Å²) in [6.45, 7) is 1.92. The van der Waals surface area contributed by atoms with Crippen LogP contribution in [0.3, 0.4) is 0 Å². The van der Waals surface area contributed by atoms with Gasteiger partial charge in [0, 0.05) is 5.56 Å². The molecule has 0 unspecified atom stereocenters. The first-order valence-corrected chi connectivity index (χ1v) is 4.99. The Bertz CT molecular complexity index is 488. The van der Waals surface area contributed by atoms with Crippen molar-refractivity contribution in [1.82, 2.24) is 0 Å². The zero-order valence-electron chi connectivity index (χ0n) is 9.27. The number of ether oxygens (including phenoxy) is 1. The number of hydrogen-bond acceptors (Lipinski definition) is 5. The summed E-state index contributed by atoms with van der Waals surface area (Å²) in [5, 5.41) is 18.4. The molecule has 0 aliphatic carbocycles. The average molecular weight is 233 g/mol. The van der Waals surface area contributed by atoms with Gasteiger partial charge in [-0.25, -0.2) is 0 Å². The molecule has 0 atom stereocenters. The van der Waals surface area contributed by atoms with Gasteiger partial charge in [-0.15, -0.1) is 0 Å². The lowest BCUT2D eigenvalue weighted by atomic mass is 10.0. The van der Waals surface area contributed by atoms with Gasteiger partial charge in [0.1, 0.15) is 11.8 Å². The molecular weight excluding hydrogens is 222 g/mol. The van der Waals surface area contributed by atoms with Crippen LogP contribution in [-0.4, -0.2) is 24.0 Å². The molecule has 0 heterocycles. The predicted octanol–water partition coefficient (Wildman–Crippen LogP) is 1.18. The molecule has 0 radical (unpaired) electrons. The standard InChI is InChI=1S/C12H11NO4/c1-2-17-11(15)5-8-3-4-9(6-13)10(7-14)12(8)16/h3-4,7,16H,2,5H2,1H3. The van der Waals surface area contributed by atoms with Crippen molar-refractivity contribution in [1.29, 1.82) is 5.26 Å². The zero-order chi connectivity index (χ0) is 12.8. The Labute approximate surface area is 98.2 Å². The number of carbonyl (C=O) groups is 2. The Balaban J connectivity index is 3.08. The minimum Gasteiger partial charge on any atom is -0.507 e. The molecule has 0 aliphatic rings. The maximum Gasteiger partial charge on any atom is 0.310 e. The van der Waals surface area contributed by atoms with Crippen molar-refractivity contribution in [3.63, 3.8) is 0 Å². The first kappa shape index (κ1) is 12.7. The largest absolute Gasteiger partial charge is 0.507 e. The topological polar surface area (TPSA) is 87.4 Å². The molecule has 0 saturated carbocycles. The Hall–Kier alpha value is -2.35. The van der Waals surface area contributed by atoms with Crippen LogP contribution in [0.2, 0.25) is 0 Å². The zero-order valence-corrected chi connectivity index (χ0v) is 9.27. The van der Waals surface area contributed by atoms with Gasteiger partial charge in [0.2, 0.25) is 0 Å². The summed E-state index contributed by atoms with van der Waals surface area (Å²) in [5.41, 5.74) is 0.240. The molecule has 1 rings (SSSR count). The number of esters is 1. The van der Waals surface area contributed by atoms with Crippen LogP contribution >= 0.6 is 0 Å². The molecule has 1 N–H and O–H groups in total. The van der Waals surface area contributed by atoms with Crippen molar-refractivity contribution >= 4 is 12.3 Å². The number of nitrogens with zero attached hydrogens (tertiary/aromatic N) is 1. The molecule has 0 aliphatic heterocycles. The number of rotatable bonds is 4. The summed E-state index contributed by atoms with van der Waals surface area (Å²) in [4.78, 5) is 22.0. The highest BCUT2D eigenvalue weighted by Gasteiger charge is 2.14. The number of aromatic hydroxyl groups is 1. The highest BCUT2D eigenvalue weighted by molar-refractivity contribution is 5.85. The lowest BCUT2D eigenvalue weighted by Gasteiger charge is -2.07. The maximum atomic E-state index is 11.2. The van der Waals surface area contributed by atoms with Crippen molar-refractivity contribution in [2.24, 2.45) is 0 Å². The van der Waals surface area contributed by atoms with Crippen LogP contribution in [0.15, 0.2) is 12.1 Å². The van der Waals surface area contributed by atoms with E-state index >= 15 is 0 Å². The van der Waals surface area contributed by atoms with Gasteiger partial charge in [0.15, 0.2) is 6.29 Å². The second-order valence-corrected chi connectivity index (χ2v) is 3.25. The number of benzene rings is 1. The number of aldehydes is 1. The first-order chi connectivity index (χ1) is 8.13. The highest BCUT2D eigenvalue weighted by Crippen LogP contribution is 2.25. The maximum absolute atomic E-state index is 11.2. The summed E-state index contributed by atoms with van der Waals surface area (Å²) in [6.07, 6.45) is 0.259.